The van der Waals surface area contributed by atoms with Crippen molar-refractivity contribution in [3.8, 4) is 5.75 Å². The van der Waals surface area contributed by atoms with Crippen molar-refractivity contribution in [1.82, 2.24) is 10.2 Å². The van der Waals surface area contributed by atoms with Gasteiger partial charge in [-0.25, -0.2) is 0 Å². The van der Waals surface area contributed by atoms with Crippen molar-refractivity contribution >= 4 is 51.1 Å². The van der Waals surface area contributed by atoms with E-state index in [9.17, 15) is 4.79 Å². The molecule has 2 rings (SSSR count). The summed E-state index contributed by atoms with van der Waals surface area (Å²) >= 11 is 4.52. The lowest BCUT2D eigenvalue weighted by atomic mass is 9.96. The average Bonchev–Trinajstić information content (AvgIpc) is 2.66. The van der Waals surface area contributed by atoms with Gasteiger partial charge in [0.15, 0.2) is 0 Å². The summed E-state index contributed by atoms with van der Waals surface area (Å²) in [6.45, 7) is 6.58. The number of nitrogens with one attached hydrogen (secondary N) is 1. The molecule has 0 radical (unpaired) electrons. The molecule has 1 N–H and O–H groups in total. The standard InChI is InChI=1S/C20H30I2N2O2/c1-3-4-5-6-9-24-10-7-15(8-11-24)14-23-20(25)16-12-17(21)18(22)13-19(16)26-2/h12-13,15H,3-11,14H2,1-2H3,(H,23,25). The number of carbonyl (C=O) groups excluding carboxylic acids is 1. The van der Waals surface area contributed by atoms with Gasteiger partial charge < -0.3 is 15.0 Å². The third-order valence-electron chi connectivity index (χ3n) is 5.07. The van der Waals surface area contributed by atoms with Gasteiger partial charge in [-0.05, 0) is 102 Å². The number of nitrogens with zero attached hydrogens (tertiary/aromatic N) is 1. The van der Waals surface area contributed by atoms with Crippen LogP contribution >= 0.6 is 45.2 Å². The number of piperidine rings is 1. The van der Waals surface area contributed by atoms with Gasteiger partial charge in [0.1, 0.15) is 5.75 Å². The minimum Gasteiger partial charge on any atom is -0.496 e. The highest BCUT2D eigenvalue weighted by atomic mass is 127. The molecule has 1 saturated heterocycles. The van der Waals surface area contributed by atoms with Crippen LogP contribution in [0, 0.1) is 13.1 Å². The SMILES string of the molecule is CCCCCCN1CCC(CNC(=O)c2cc(I)c(I)cc2OC)CC1. The zero-order valence-corrected chi connectivity index (χ0v) is 20.1. The molecule has 0 unspecified atom stereocenters. The van der Waals surface area contributed by atoms with Crippen molar-refractivity contribution in [3.63, 3.8) is 0 Å². The zero-order valence-electron chi connectivity index (χ0n) is 15.8. The second-order valence-corrected chi connectivity index (χ2v) is 9.35. The molecular formula is C20H30I2N2O2. The fourth-order valence-corrected chi connectivity index (χ4v) is 4.29. The van der Waals surface area contributed by atoms with Gasteiger partial charge in [0, 0.05) is 13.7 Å². The number of hydrogen-bond donors (Lipinski definition) is 1. The molecule has 1 aromatic carbocycles. The third kappa shape index (κ3) is 6.82. The second-order valence-electron chi connectivity index (χ2n) is 7.02. The Morgan fingerprint density at radius 1 is 1.19 bits per heavy atom. The first kappa shape index (κ1) is 22.2. The monoisotopic (exact) mass is 584 g/mol. The lowest BCUT2D eigenvalue weighted by molar-refractivity contribution is 0.0933. The molecule has 1 aliphatic heterocycles. The number of methoxy groups -OCH3 is 1. The minimum atomic E-state index is -0.0295. The van der Waals surface area contributed by atoms with E-state index in [1.807, 2.05) is 12.1 Å². The maximum Gasteiger partial charge on any atom is 0.255 e. The van der Waals surface area contributed by atoms with E-state index in [4.69, 9.17) is 4.74 Å². The maximum absolute atomic E-state index is 12.6. The first-order valence-corrected chi connectivity index (χ1v) is 11.7. The minimum absolute atomic E-state index is 0.0295. The number of ether oxygens (including phenoxy) is 1. The van der Waals surface area contributed by atoms with Gasteiger partial charge in [0.2, 0.25) is 0 Å². The molecular weight excluding hydrogens is 554 g/mol. The average molecular weight is 584 g/mol. The summed E-state index contributed by atoms with van der Waals surface area (Å²) in [6, 6.07) is 3.84. The number of benzene rings is 1. The third-order valence-corrected chi connectivity index (χ3v) is 7.89. The van der Waals surface area contributed by atoms with Gasteiger partial charge in [-0.2, -0.15) is 0 Å². The van der Waals surface area contributed by atoms with Crippen molar-refractivity contribution in [2.75, 3.05) is 33.3 Å². The molecule has 26 heavy (non-hydrogen) atoms. The molecule has 0 saturated carbocycles. The summed E-state index contributed by atoms with van der Waals surface area (Å²) in [5, 5.41) is 3.12. The Balaban J connectivity index is 1.76. The predicted octanol–water partition coefficient (Wildman–Crippen LogP) is 4.93. The van der Waals surface area contributed by atoms with E-state index in [2.05, 4.69) is 62.3 Å². The van der Waals surface area contributed by atoms with Gasteiger partial charge in [-0.15, -0.1) is 0 Å². The summed E-state index contributed by atoms with van der Waals surface area (Å²) in [5.74, 6) is 1.20. The van der Waals surface area contributed by atoms with Crippen LogP contribution in [0.5, 0.6) is 5.75 Å². The lowest BCUT2D eigenvalue weighted by Crippen LogP contribution is -2.39. The van der Waals surface area contributed by atoms with Crippen LogP contribution in [-0.4, -0.2) is 44.1 Å². The van der Waals surface area contributed by atoms with E-state index in [1.165, 1.54) is 45.1 Å². The molecule has 146 valence electrons. The van der Waals surface area contributed by atoms with Gasteiger partial charge in [0.05, 0.1) is 12.7 Å². The lowest BCUT2D eigenvalue weighted by Gasteiger charge is -2.32. The highest BCUT2D eigenvalue weighted by Crippen LogP contribution is 2.26. The van der Waals surface area contributed by atoms with Crippen LogP contribution in [0.25, 0.3) is 0 Å². The van der Waals surface area contributed by atoms with Crippen LogP contribution in [0.2, 0.25) is 0 Å². The van der Waals surface area contributed by atoms with Crippen molar-refractivity contribution in [2.45, 2.75) is 45.4 Å². The molecule has 0 spiro atoms. The molecule has 0 bridgehead atoms. The van der Waals surface area contributed by atoms with Crippen molar-refractivity contribution in [1.29, 1.82) is 0 Å². The van der Waals surface area contributed by atoms with Gasteiger partial charge in [0.25, 0.3) is 5.91 Å². The fraction of sp³-hybridized carbons (Fsp3) is 0.650. The molecule has 4 nitrogen and oxygen atoms in total. The number of unbranched alkanes of at least 4 members (excludes halogenated alkanes) is 3. The van der Waals surface area contributed by atoms with Crippen LogP contribution in [0.3, 0.4) is 0 Å². The van der Waals surface area contributed by atoms with E-state index in [0.717, 1.165) is 26.8 Å². The largest absolute Gasteiger partial charge is 0.496 e. The Bertz CT molecular complexity index is 587. The van der Waals surface area contributed by atoms with Gasteiger partial charge in [-0.3, -0.25) is 4.79 Å². The number of hydrogen-bond acceptors (Lipinski definition) is 3. The van der Waals surface area contributed by atoms with Crippen LogP contribution < -0.4 is 10.1 Å². The van der Waals surface area contributed by atoms with E-state index in [0.29, 0.717) is 17.2 Å². The molecule has 0 aromatic heterocycles. The normalized spacial score (nSPS) is 15.8. The molecule has 1 amide bonds. The van der Waals surface area contributed by atoms with Gasteiger partial charge >= 0.3 is 0 Å². The first-order chi connectivity index (χ1) is 12.5. The number of halogens is 2. The summed E-state index contributed by atoms with van der Waals surface area (Å²) in [6.07, 6.45) is 7.67. The van der Waals surface area contributed by atoms with Crippen LogP contribution in [0.4, 0.5) is 0 Å². The zero-order chi connectivity index (χ0) is 18.9. The number of rotatable bonds is 9. The molecule has 1 aromatic rings. The van der Waals surface area contributed by atoms with Crippen LogP contribution in [0.15, 0.2) is 12.1 Å². The molecule has 1 fully saturated rings. The highest BCUT2D eigenvalue weighted by Gasteiger charge is 2.21. The first-order valence-electron chi connectivity index (χ1n) is 9.58. The van der Waals surface area contributed by atoms with E-state index in [1.54, 1.807) is 7.11 Å². The Morgan fingerprint density at radius 3 is 2.54 bits per heavy atom. The molecule has 0 atom stereocenters. The molecule has 6 heteroatoms. The van der Waals surface area contributed by atoms with Crippen molar-refractivity contribution < 1.29 is 9.53 Å². The topological polar surface area (TPSA) is 41.6 Å². The maximum atomic E-state index is 12.6. The Morgan fingerprint density at radius 2 is 1.88 bits per heavy atom. The van der Waals surface area contributed by atoms with Crippen LogP contribution in [-0.2, 0) is 0 Å². The molecule has 1 heterocycles. The van der Waals surface area contributed by atoms with E-state index < -0.39 is 0 Å². The summed E-state index contributed by atoms with van der Waals surface area (Å²) < 4.78 is 7.56. The number of likely N-dealkylation sites (tertiary alicyclic amines) is 1. The highest BCUT2D eigenvalue weighted by molar-refractivity contribution is 14.1. The van der Waals surface area contributed by atoms with Crippen LogP contribution in [0.1, 0.15) is 55.8 Å². The molecule has 0 aliphatic carbocycles. The fourth-order valence-electron chi connectivity index (χ4n) is 3.38. The summed E-state index contributed by atoms with van der Waals surface area (Å²) in [4.78, 5) is 15.2. The Labute approximate surface area is 185 Å². The Hall–Kier alpha value is -0.0900. The van der Waals surface area contributed by atoms with Crippen molar-refractivity contribution in [3.05, 3.63) is 24.8 Å². The quantitative estimate of drug-likeness (QED) is 0.331. The van der Waals surface area contributed by atoms with Crippen molar-refractivity contribution in [2.24, 2.45) is 5.92 Å². The summed E-state index contributed by atoms with van der Waals surface area (Å²) in [7, 11) is 1.62. The number of amides is 1. The second kappa shape index (κ2) is 11.7. The van der Waals surface area contributed by atoms with E-state index in [-0.39, 0.29) is 5.91 Å². The molecule has 1 aliphatic rings. The Kier molecular flexibility index (Phi) is 9.98. The number of carbonyl (C=O) groups is 1. The summed E-state index contributed by atoms with van der Waals surface area (Å²) in [5.41, 5.74) is 0.630. The van der Waals surface area contributed by atoms with Gasteiger partial charge in [-0.1, -0.05) is 26.2 Å². The predicted molar refractivity (Wildman–Crippen MR) is 124 cm³/mol. The smallest absolute Gasteiger partial charge is 0.255 e. The van der Waals surface area contributed by atoms with E-state index >= 15 is 0 Å².